The molecule has 0 saturated carbocycles. The molecular weight excluding hydrogens is 981 g/mol. The molecule has 4 aromatic heterocycles. The van der Waals surface area contributed by atoms with Crippen LogP contribution < -0.4 is 19.3 Å². The number of hydrogen-bond donors (Lipinski definition) is 0. The molecule has 8 nitrogen and oxygen atoms in total. The van der Waals surface area contributed by atoms with E-state index in [1.807, 2.05) is 67.0 Å². The molecule has 0 N–H and O–H groups in total. The van der Waals surface area contributed by atoms with Gasteiger partial charge in [0.05, 0.1) is 44.8 Å². The second-order valence-electron chi connectivity index (χ2n) is 20.6. The highest BCUT2D eigenvalue weighted by Crippen LogP contribution is 2.50. The Bertz CT molecular complexity index is 4660. The van der Waals surface area contributed by atoms with Crippen LogP contribution in [-0.4, -0.2) is 19.1 Å². The SMILES string of the molecule is C1=CC2=C(C=CC1)N(c1ccc(-c3ccc4c(c3)c3ccccc3n4-c3ccc(Cc4ccc(-n5c6ccccc6c6cc(-c7ccc(N8c9ccccc9Oc9ccccc98)nc7)ccc65)cc4)cc3)cn1)c1ccccc1O2. The lowest BCUT2D eigenvalue weighted by Crippen LogP contribution is -2.23. The smallest absolute Gasteiger partial charge is 0.151 e. The van der Waals surface area contributed by atoms with Crippen molar-refractivity contribution in [1.29, 1.82) is 0 Å². The number of allylic oxidation sites excluding steroid dienone is 4. The van der Waals surface area contributed by atoms with Crippen LogP contribution in [0.3, 0.4) is 0 Å². The van der Waals surface area contributed by atoms with Crippen LogP contribution in [0.25, 0.3) is 77.2 Å². The maximum atomic E-state index is 6.33. The van der Waals surface area contributed by atoms with E-state index in [-0.39, 0.29) is 0 Å². The second-order valence-corrected chi connectivity index (χ2v) is 20.6. The zero-order valence-electron chi connectivity index (χ0n) is 43.3. The predicted octanol–water partition coefficient (Wildman–Crippen LogP) is 18.4. The maximum Gasteiger partial charge on any atom is 0.151 e. The third kappa shape index (κ3) is 7.52. The first-order valence-corrected chi connectivity index (χ1v) is 27.1. The van der Waals surface area contributed by atoms with Crippen LogP contribution in [0, 0.1) is 0 Å². The van der Waals surface area contributed by atoms with E-state index in [1.165, 1.54) is 43.7 Å². The molecule has 0 atom stereocenters. The molecule has 16 rings (SSSR count). The van der Waals surface area contributed by atoms with Gasteiger partial charge in [0.1, 0.15) is 11.6 Å². The van der Waals surface area contributed by atoms with E-state index in [0.29, 0.717) is 0 Å². The number of nitrogens with zero attached hydrogens (tertiary/aromatic N) is 6. The van der Waals surface area contributed by atoms with Crippen molar-refractivity contribution in [2.75, 3.05) is 9.80 Å². The number of ether oxygens (including phenoxy) is 2. The van der Waals surface area contributed by atoms with Gasteiger partial charge in [-0.2, -0.15) is 0 Å². The molecule has 1 aliphatic carbocycles. The van der Waals surface area contributed by atoms with Gasteiger partial charge >= 0.3 is 0 Å². The van der Waals surface area contributed by atoms with Crippen molar-refractivity contribution in [3.05, 3.63) is 290 Å². The van der Waals surface area contributed by atoms with Gasteiger partial charge in [-0.3, -0.25) is 9.80 Å². The van der Waals surface area contributed by atoms with Gasteiger partial charge < -0.3 is 18.6 Å². The fourth-order valence-electron chi connectivity index (χ4n) is 12.0. The Balaban J connectivity index is 0.655. The van der Waals surface area contributed by atoms with Crippen LogP contribution in [0.4, 0.5) is 28.7 Å². The summed E-state index contributed by atoms with van der Waals surface area (Å²) >= 11 is 0. The second kappa shape index (κ2) is 18.5. The highest BCUT2D eigenvalue weighted by Gasteiger charge is 2.29. The van der Waals surface area contributed by atoms with Gasteiger partial charge in [-0.25, -0.2) is 9.97 Å². The standard InChI is InChI=1S/C72H48N6O2/c1-2-18-63-67(22-3-1)79-68-23-11-8-19-64(68)77(63)71-40-32-51(45-73-71)49-30-38-61-57(43-49)55-14-4-6-16-59(55)75(61)53-34-26-47(27-35-53)42-48-28-36-54(37-29-48)76-60-17-7-5-15-56(60)58-44-50(31-39-62(58)76)52-33-41-72(74-46-52)78-65-20-9-12-24-69(65)80-70-25-13-10-21-66(70)78/h2-41,43-46H,1,42H2. The molecular formula is C72H48N6O2. The van der Waals surface area contributed by atoms with Crippen molar-refractivity contribution >= 4 is 72.3 Å². The predicted molar refractivity (Wildman–Crippen MR) is 325 cm³/mol. The molecule has 0 bridgehead atoms. The van der Waals surface area contributed by atoms with Gasteiger partial charge in [0.2, 0.25) is 0 Å². The molecule has 0 spiro atoms. The van der Waals surface area contributed by atoms with Gasteiger partial charge in [0.25, 0.3) is 0 Å². The fourth-order valence-corrected chi connectivity index (χ4v) is 12.0. The van der Waals surface area contributed by atoms with E-state index in [9.17, 15) is 0 Å². The molecule has 6 heterocycles. The monoisotopic (exact) mass is 1030 g/mol. The number of para-hydroxylation sites is 8. The Morgan fingerprint density at radius 2 is 0.800 bits per heavy atom. The molecule has 0 amide bonds. The van der Waals surface area contributed by atoms with Crippen molar-refractivity contribution in [1.82, 2.24) is 19.1 Å². The lowest BCUT2D eigenvalue weighted by Gasteiger charge is -2.32. The minimum atomic E-state index is 0.809. The summed E-state index contributed by atoms with van der Waals surface area (Å²) < 4.78 is 17.4. The van der Waals surface area contributed by atoms with Crippen molar-refractivity contribution < 1.29 is 9.47 Å². The quantitative estimate of drug-likeness (QED) is 0.151. The summed E-state index contributed by atoms with van der Waals surface area (Å²) in [7, 11) is 0. The van der Waals surface area contributed by atoms with E-state index in [0.717, 1.165) is 115 Å². The lowest BCUT2D eigenvalue weighted by molar-refractivity contribution is 0.430. The van der Waals surface area contributed by atoms with Crippen LogP contribution in [0.2, 0.25) is 0 Å². The van der Waals surface area contributed by atoms with Gasteiger partial charge in [0, 0.05) is 56.4 Å². The molecule has 0 radical (unpaired) electrons. The number of fused-ring (bicyclic) bond motifs is 9. The topological polar surface area (TPSA) is 60.6 Å². The van der Waals surface area contributed by atoms with Crippen molar-refractivity contribution in [2.24, 2.45) is 0 Å². The van der Waals surface area contributed by atoms with Crippen LogP contribution in [-0.2, 0) is 6.42 Å². The summed E-state index contributed by atoms with van der Waals surface area (Å²) in [5, 5.41) is 4.83. The molecule has 13 aromatic rings. The van der Waals surface area contributed by atoms with E-state index in [1.54, 1.807) is 0 Å². The number of pyridine rings is 2. The third-order valence-electron chi connectivity index (χ3n) is 15.8. The fraction of sp³-hybridized carbons (Fsp3) is 0.0278. The number of aromatic nitrogens is 4. The van der Waals surface area contributed by atoms with Crippen molar-refractivity contribution in [2.45, 2.75) is 12.8 Å². The number of benzene rings is 9. The molecule has 0 fully saturated rings. The maximum absolute atomic E-state index is 6.33. The van der Waals surface area contributed by atoms with Gasteiger partial charge in [-0.05, 0) is 169 Å². The highest BCUT2D eigenvalue weighted by molar-refractivity contribution is 6.11. The third-order valence-corrected chi connectivity index (χ3v) is 15.8. The molecule has 8 heteroatoms. The molecule has 3 aliphatic rings. The minimum absolute atomic E-state index is 0.809. The Morgan fingerprint density at radius 3 is 1.32 bits per heavy atom. The molecule has 0 saturated heterocycles. The normalized spacial score (nSPS) is 13.5. The zero-order chi connectivity index (χ0) is 52.7. The number of hydrogen-bond acceptors (Lipinski definition) is 6. The first kappa shape index (κ1) is 45.5. The first-order chi connectivity index (χ1) is 39.6. The zero-order valence-corrected chi connectivity index (χ0v) is 43.3. The first-order valence-electron chi connectivity index (χ1n) is 27.1. The van der Waals surface area contributed by atoms with E-state index < -0.39 is 0 Å². The van der Waals surface area contributed by atoms with E-state index in [4.69, 9.17) is 19.4 Å². The average molecular weight is 1030 g/mol. The summed E-state index contributed by atoms with van der Waals surface area (Å²) in [6.45, 7) is 0. The van der Waals surface area contributed by atoms with E-state index >= 15 is 0 Å². The number of anilines is 5. The minimum Gasteiger partial charge on any atom is -0.453 e. The molecule has 0 unspecified atom stereocenters. The Morgan fingerprint density at radius 1 is 0.362 bits per heavy atom. The van der Waals surface area contributed by atoms with Gasteiger partial charge in [-0.1, -0.05) is 121 Å². The summed E-state index contributed by atoms with van der Waals surface area (Å²) in [6.07, 6.45) is 14.1. The number of rotatable bonds is 8. The van der Waals surface area contributed by atoms with Crippen LogP contribution in [0.5, 0.6) is 17.2 Å². The van der Waals surface area contributed by atoms with Crippen molar-refractivity contribution in [3.8, 4) is 50.9 Å². The Kier molecular flexibility index (Phi) is 10.5. The summed E-state index contributed by atoms with van der Waals surface area (Å²) in [6, 6.07) is 82.0. The summed E-state index contributed by atoms with van der Waals surface area (Å²) in [5.41, 5.74) is 17.7. The van der Waals surface area contributed by atoms with Gasteiger partial charge in [-0.15, -0.1) is 0 Å². The Hall–Kier alpha value is -10.7. The average Bonchev–Trinajstić information content (AvgIpc) is 4.01. The molecule has 9 aromatic carbocycles. The van der Waals surface area contributed by atoms with Crippen LogP contribution in [0.15, 0.2) is 279 Å². The molecule has 378 valence electrons. The highest BCUT2D eigenvalue weighted by atomic mass is 16.5. The van der Waals surface area contributed by atoms with Crippen LogP contribution >= 0.6 is 0 Å². The summed E-state index contributed by atoms with van der Waals surface area (Å²) in [5.74, 6) is 4.92. The van der Waals surface area contributed by atoms with Crippen LogP contribution in [0.1, 0.15) is 17.5 Å². The van der Waals surface area contributed by atoms with E-state index in [2.05, 4.69) is 219 Å². The lowest BCUT2D eigenvalue weighted by atomic mass is 10.0. The van der Waals surface area contributed by atoms with Crippen molar-refractivity contribution in [3.63, 3.8) is 0 Å². The van der Waals surface area contributed by atoms with Gasteiger partial charge in [0.15, 0.2) is 23.0 Å². The summed E-state index contributed by atoms with van der Waals surface area (Å²) in [4.78, 5) is 14.5. The molecule has 2 aliphatic heterocycles. The largest absolute Gasteiger partial charge is 0.453 e. The Labute approximate surface area is 461 Å². The molecule has 80 heavy (non-hydrogen) atoms.